The average Bonchev–Trinajstić information content (AvgIpc) is 3.41. The van der Waals surface area contributed by atoms with E-state index in [1.807, 2.05) is 50.3 Å². The Labute approximate surface area is 242 Å². The Morgan fingerprint density at radius 1 is 1.00 bits per heavy atom. The van der Waals surface area contributed by atoms with Gasteiger partial charge in [0, 0.05) is 16.8 Å². The summed E-state index contributed by atoms with van der Waals surface area (Å²) in [6, 6.07) is 24.1. The molecule has 2 aromatic heterocycles. The number of hydrogen-bond donors (Lipinski definition) is 0. The van der Waals surface area contributed by atoms with Crippen molar-refractivity contribution in [2.45, 2.75) is 40.7 Å². The standard InChI is InChI=1S/C34H31N3O3S/c1-6-40-33(39)30-22(4)35-34-37(31(30)25-16-14-20(2)15-17-25)32(38)29(41-34)19-26-18-21(3)36(23(26)5)28-13-9-11-24-10-7-8-12-27(24)28/h7-19,31H,6H2,1-5H3/b29-19+/t31-/m0/s1. The van der Waals surface area contributed by atoms with Gasteiger partial charge in [-0.3, -0.25) is 9.36 Å². The summed E-state index contributed by atoms with van der Waals surface area (Å²) in [5.41, 5.74) is 6.92. The van der Waals surface area contributed by atoms with E-state index in [0.717, 1.165) is 33.8 Å². The molecule has 1 aliphatic heterocycles. The number of esters is 1. The number of rotatable bonds is 5. The van der Waals surface area contributed by atoms with Crippen molar-refractivity contribution in [3.8, 4) is 5.69 Å². The Morgan fingerprint density at radius 2 is 1.73 bits per heavy atom. The van der Waals surface area contributed by atoms with Gasteiger partial charge in [0.1, 0.15) is 0 Å². The first-order valence-electron chi connectivity index (χ1n) is 13.7. The fraction of sp³-hybridized carbons (Fsp3) is 0.206. The second-order valence-corrected chi connectivity index (χ2v) is 11.4. The SMILES string of the molecule is CCOC(=O)C1=C(C)N=c2s/c(=C/c3cc(C)n(-c4cccc5ccccc45)c3C)c(=O)n2[C@H]1c1ccc(C)cc1. The number of thiazole rings is 1. The van der Waals surface area contributed by atoms with Gasteiger partial charge in [-0.05, 0) is 69.3 Å². The van der Waals surface area contributed by atoms with E-state index in [4.69, 9.17) is 9.73 Å². The molecule has 1 atom stereocenters. The van der Waals surface area contributed by atoms with Crippen LogP contribution in [-0.2, 0) is 9.53 Å². The maximum atomic E-state index is 14.0. The van der Waals surface area contributed by atoms with Gasteiger partial charge in [-0.2, -0.15) is 0 Å². The largest absolute Gasteiger partial charge is 0.463 e. The molecule has 0 amide bonds. The molecule has 0 aliphatic carbocycles. The quantitative estimate of drug-likeness (QED) is 0.260. The molecule has 0 saturated carbocycles. The van der Waals surface area contributed by atoms with E-state index in [2.05, 4.69) is 60.9 Å². The van der Waals surface area contributed by atoms with Crippen LogP contribution in [0.4, 0.5) is 0 Å². The van der Waals surface area contributed by atoms with Gasteiger partial charge in [0.2, 0.25) is 0 Å². The van der Waals surface area contributed by atoms with Gasteiger partial charge in [-0.25, -0.2) is 9.79 Å². The van der Waals surface area contributed by atoms with E-state index in [-0.39, 0.29) is 12.2 Å². The Bertz CT molecular complexity index is 2040. The van der Waals surface area contributed by atoms with Crippen LogP contribution in [0, 0.1) is 20.8 Å². The van der Waals surface area contributed by atoms with Crippen LogP contribution in [-0.4, -0.2) is 21.7 Å². The summed E-state index contributed by atoms with van der Waals surface area (Å²) < 4.78 is 9.86. The molecule has 0 unspecified atom stereocenters. The predicted octanol–water partition coefficient (Wildman–Crippen LogP) is 5.67. The van der Waals surface area contributed by atoms with Crippen molar-refractivity contribution in [3.05, 3.63) is 132 Å². The van der Waals surface area contributed by atoms with Crippen molar-refractivity contribution in [2.75, 3.05) is 6.61 Å². The summed E-state index contributed by atoms with van der Waals surface area (Å²) in [6.07, 6.45) is 1.95. The van der Waals surface area contributed by atoms with E-state index >= 15 is 0 Å². The number of aryl methyl sites for hydroxylation is 2. The van der Waals surface area contributed by atoms with Crippen molar-refractivity contribution in [1.82, 2.24) is 9.13 Å². The number of hydrogen-bond acceptors (Lipinski definition) is 5. The molecule has 6 nitrogen and oxygen atoms in total. The number of carbonyl (C=O) groups excluding carboxylic acids is 1. The van der Waals surface area contributed by atoms with E-state index in [9.17, 15) is 9.59 Å². The third-order valence-electron chi connectivity index (χ3n) is 7.67. The maximum Gasteiger partial charge on any atom is 0.338 e. The smallest absolute Gasteiger partial charge is 0.338 e. The molecule has 1 aliphatic rings. The molecule has 3 aromatic carbocycles. The minimum Gasteiger partial charge on any atom is -0.463 e. The highest BCUT2D eigenvalue weighted by Gasteiger charge is 2.33. The zero-order chi connectivity index (χ0) is 28.8. The fourth-order valence-corrected chi connectivity index (χ4v) is 6.74. The number of fused-ring (bicyclic) bond motifs is 2. The van der Waals surface area contributed by atoms with E-state index in [0.29, 0.717) is 20.6 Å². The van der Waals surface area contributed by atoms with Crippen LogP contribution < -0.4 is 14.9 Å². The first-order chi connectivity index (χ1) is 19.8. The molecule has 5 aromatic rings. The molecule has 0 fully saturated rings. The first-order valence-corrected chi connectivity index (χ1v) is 14.5. The Balaban J connectivity index is 1.53. The summed E-state index contributed by atoms with van der Waals surface area (Å²) in [7, 11) is 0. The Kier molecular flexibility index (Phi) is 6.83. The Hall–Kier alpha value is -4.49. The average molecular weight is 562 g/mol. The number of nitrogens with zero attached hydrogens (tertiary/aromatic N) is 3. The van der Waals surface area contributed by atoms with Crippen molar-refractivity contribution in [2.24, 2.45) is 4.99 Å². The van der Waals surface area contributed by atoms with Crippen molar-refractivity contribution in [3.63, 3.8) is 0 Å². The van der Waals surface area contributed by atoms with Crippen LogP contribution in [0.3, 0.4) is 0 Å². The van der Waals surface area contributed by atoms with Crippen LogP contribution in [0.1, 0.15) is 48.0 Å². The van der Waals surface area contributed by atoms with Crippen LogP contribution >= 0.6 is 11.3 Å². The normalized spacial score (nSPS) is 15.2. The lowest BCUT2D eigenvalue weighted by atomic mass is 9.95. The molecular formula is C34H31N3O3S. The van der Waals surface area contributed by atoms with Crippen molar-refractivity contribution >= 4 is 34.2 Å². The fourth-order valence-electron chi connectivity index (χ4n) is 5.70. The minimum atomic E-state index is -0.615. The summed E-state index contributed by atoms with van der Waals surface area (Å²) in [4.78, 5) is 32.5. The highest BCUT2D eigenvalue weighted by molar-refractivity contribution is 7.07. The second-order valence-electron chi connectivity index (χ2n) is 10.4. The molecule has 6 rings (SSSR count). The molecule has 0 spiro atoms. The number of aromatic nitrogens is 2. The molecule has 206 valence electrons. The van der Waals surface area contributed by atoms with Gasteiger partial charge in [0.05, 0.1) is 34.1 Å². The van der Waals surface area contributed by atoms with Crippen LogP contribution in [0.15, 0.2) is 93.9 Å². The number of ether oxygens (including phenoxy) is 1. The van der Waals surface area contributed by atoms with Crippen LogP contribution in [0.5, 0.6) is 0 Å². The zero-order valence-electron chi connectivity index (χ0n) is 23.8. The number of carbonyl (C=O) groups is 1. The van der Waals surface area contributed by atoms with Gasteiger partial charge in [0.25, 0.3) is 5.56 Å². The summed E-state index contributed by atoms with van der Waals surface area (Å²) in [6.45, 7) is 10.0. The summed E-state index contributed by atoms with van der Waals surface area (Å²) >= 11 is 1.34. The highest BCUT2D eigenvalue weighted by Crippen LogP contribution is 2.31. The molecular weight excluding hydrogens is 530 g/mol. The molecule has 0 bridgehead atoms. The van der Waals surface area contributed by atoms with E-state index < -0.39 is 12.0 Å². The van der Waals surface area contributed by atoms with Gasteiger partial charge in [-0.1, -0.05) is 77.6 Å². The van der Waals surface area contributed by atoms with Gasteiger partial charge in [0.15, 0.2) is 4.80 Å². The first kappa shape index (κ1) is 26.7. The van der Waals surface area contributed by atoms with E-state index in [1.54, 1.807) is 11.5 Å². The Morgan fingerprint density at radius 3 is 2.49 bits per heavy atom. The molecule has 0 N–H and O–H groups in total. The number of benzene rings is 3. The highest BCUT2D eigenvalue weighted by atomic mass is 32.1. The monoisotopic (exact) mass is 561 g/mol. The molecule has 41 heavy (non-hydrogen) atoms. The molecule has 3 heterocycles. The summed E-state index contributed by atoms with van der Waals surface area (Å²) in [5, 5.41) is 2.35. The molecule has 0 saturated heterocycles. The third kappa shape index (κ3) is 4.56. The topological polar surface area (TPSA) is 65.6 Å². The third-order valence-corrected chi connectivity index (χ3v) is 8.66. The predicted molar refractivity (Wildman–Crippen MR) is 164 cm³/mol. The van der Waals surface area contributed by atoms with Crippen molar-refractivity contribution < 1.29 is 9.53 Å². The second kappa shape index (κ2) is 10.5. The summed E-state index contributed by atoms with van der Waals surface area (Å²) in [5.74, 6) is -0.452. The molecule has 7 heteroatoms. The lowest BCUT2D eigenvalue weighted by Crippen LogP contribution is -2.39. The lowest BCUT2D eigenvalue weighted by Gasteiger charge is -2.24. The van der Waals surface area contributed by atoms with Gasteiger partial charge >= 0.3 is 5.97 Å². The zero-order valence-corrected chi connectivity index (χ0v) is 24.6. The van der Waals surface area contributed by atoms with Gasteiger partial charge < -0.3 is 9.30 Å². The van der Waals surface area contributed by atoms with Crippen LogP contribution in [0.25, 0.3) is 22.5 Å². The number of allylic oxidation sites excluding steroid dienone is 1. The minimum absolute atomic E-state index is 0.177. The van der Waals surface area contributed by atoms with E-state index in [1.165, 1.54) is 22.1 Å². The van der Waals surface area contributed by atoms with Crippen LogP contribution in [0.2, 0.25) is 0 Å². The molecule has 0 radical (unpaired) electrons. The van der Waals surface area contributed by atoms with Crippen molar-refractivity contribution in [1.29, 1.82) is 0 Å². The maximum absolute atomic E-state index is 14.0. The van der Waals surface area contributed by atoms with Gasteiger partial charge in [-0.15, -0.1) is 0 Å². The lowest BCUT2D eigenvalue weighted by molar-refractivity contribution is -0.139.